The van der Waals surface area contributed by atoms with Crippen LogP contribution >= 0.6 is 0 Å². The number of hydrogen-bond donors (Lipinski definition) is 0. The fourth-order valence-corrected chi connectivity index (χ4v) is 4.85. The molecule has 1 aromatic heterocycles. The van der Waals surface area contributed by atoms with Gasteiger partial charge in [-0.2, -0.15) is 9.40 Å². The molecule has 0 atom stereocenters. The Kier molecular flexibility index (Phi) is 5.35. The van der Waals surface area contributed by atoms with Crippen LogP contribution in [-0.4, -0.2) is 60.7 Å². The van der Waals surface area contributed by atoms with Gasteiger partial charge in [0.05, 0.1) is 30.3 Å². The summed E-state index contributed by atoms with van der Waals surface area (Å²) >= 11 is 0. The maximum Gasteiger partial charge on any atom is 0.275 e. The lowest BCUT2D eigenvalue weighted by atomic mass is 10.2. The van der Waals surface area contributed by atoms with Gasteiger partial charge in [0.1, 0.15) is 5.75 Å². The van der Waals surface area contributed by atoms with E-state index in [2.05, 4.69) is 5.10 Å². The van der Waals surface area contributed by atoms with Crippen molar-refractivity contribution in [3.8, 4) is 5.75 Å². The Balaban J connectivity index is 1.44. The SMILES string of the molecule is COc1ccc(S(=O)(=O)N2CCN(Cn3ncc4ccccc4c3=O)CC2)cc1. The highest BCUT2D eigenvalue weighted by Gasteiger charge is 2.28. The highest BCUT2D eigenvalue weighted by molar-refractivity contribution is 7.89. The van der Waals surface area contributed by atoms with Gasteiger partial charge in [-0.05, 0) is 30.3 Å². The van der Waals surface area contributed by atoms with E-state index in [4.69, 9.17) is 4.74 Å². The molecule has 0 amide bonds. The van der Waals surface area contributed by atoms with E-state index in [9.17, 15) is 13.2 Å². The minimum Gasteiger partial charge on any atom is -0.497 e. The lowest BCUT2D eigenvalue weighted by Gasteiger charge is -2.33. The van der Waals surface area contributed by atoms with Gasteiger partial charge >= 0.3 is 0 Å². The summed E-state index contributed by atoms with van der Waals surface area (Å²) in [6.07, 6.45) is 1.68. The van der Waals surface area contributed by atoms with Crippen molar-refractivity contribution >= 4 is 20.8 Å². The second kappa shape index (κ2) is 7.94. The standard InChI is InChI=1S/C20H22N4O4S/c1-28-17-6-8-18(9-7-17)29(26,27)23-12-10-22(11-13-23)15-24-20(25)19-5-3-2-4-16(19)14-21-24/h2-9,14H,10-13,15H2,1H3. The van der Waals surface area contributed by atoms with E-state index in [0.29, 0.717) is 44.0 Å². The number of benzene rings is 2. The zero-order valence-corrected chi connectivity index (χ0v) is 16.9. The van der Waals surface area contributed by atoms with Crippen LogP contribution in [0.3, 0.4) is 0 Å². The molecular formula is C20H22N4O4S. The van der Waals surface area contributed by atoms with Crippen molar-refractivity contribution in [2.45, 2.75) is 11.6 Å². The number of nitrogens with zero attached hydrogens (tertiary/aromatic N) is 4. The lowest BCUT2D eigenvalue weighted by molar-refractivity contribution is 0.143. The van der Waals surface area contributed by atoms with Gasteiger partial charge in [-0.1, -0.05) is 18.2 Å². The molecule has 0 spiro atoms. The molecule has 0 saturated carbocycles. The van der Waals surface area contributed by atoms with Crippen LogP contribution in [0.1, 0.15) is 0 Å². The fraction of sp³-hybridized carbons (Fsp3) is 0.300. The van der Waals surface area contributed by atoms with E-state index in [-0.39, 0.29) is 10.5 Å². The Morgan fingerprint density at radius 2 is 1.69 bits per heavy atom. The molecule has 3 aromatic rings. The Morgan fingerprint density at radius 3 is 2.38 bits per heavy atom. The summed E-state index contributed by atoms with van der Waals surface area (Å²) in [6.45, 7) is 2.10. The maximum atomic E-state index is 12.9. The number of rotatable bonds is 5. The molecule has 0 unspecified atom stereocenters. The molecule has 8 nitrogen and oxygen atoms in total. The summed E-state index contributed by atoms with van der Waals surface area (Å²) in [5, 5.41) is 5.69. The summed E-state index contributed by atoms with van der Waals surface area (Å²) in [4.78, 5) is 14.9. The van der Waals surface area contributed by atoms with E-state index in [1.807, 2.05) is 23.1 Å². The van der Waals surface area contributed by atoms with E-state index in [0.717, 1.165) is 5.39 Å². The zero-order chi connectivity index (χ0) is 20.4. The molecule has 2 heterocycles. The van der Waals surface area contributed by atoms with Gasteiger partial charge in [0.2, 0.25) is 10.0 Å². The van der Waals surface area contributed by atoms with Gasteiger partial charge in [-0.3, -0.25) is 9.69 Å². The largest absolute Gasteiger partial charge is 0.497 e. The Hall–Kier alpha value is -2.75. The van der Waals surface area contributed by atoms with Gasteiger partial charge in [-0.15, -0.1) is 0 Å². The molecule has 1 aliphatic rings. The van der Waals surface area contributed by atoms with Crippen molar-refractivity contribution in [2.75, 3.05) is 33.3 Å². The topological polar surface area (TPSA) is 84.7 Å². The molecule has 0 N–H and O–H groups in total. The molecule has 0 aliphatic carbocycles. The smallest absolute Gasteiger partial charge is 0.275 e. The van der Waals surface area contributed by atoms with Gasteiger partial charge in [0.25, 0.3) is 5.56 Å². The molecule has 1 aliphatic heterocycles. The quantitative estimate of drug-likeness (QED) is 0.627. The Labute approximate surface area is 169 Å². The van der Waals surface area contributed by atoms with Crippen LogP contribution in [0.5, 0.6) is 5.75 Å². The molecule has 0 bridgehead atoms. The highest BCUT2D eigenvalue weighted by atomic mass is 32.2. The van der Waals surface area contributed by atoms with Crippen LogP contribution in [-0.2, 0) is 16.7 Å². The van der Waals surface area contributed by atoms with E-state index < -0.39 is 10.0 Å². The van der Waals surface area contributed by atoms with Crippen LogP contribution < -0.4 is 10.3 Å². The summed E-state index contributed by atoms with van der Waals surface area (Å²) in [5.41, 5.74) is -0.142. The number of fused-ring (bicyclic) bond motifs is 1. The monoisotopic (exact) mass is 414 g/mol. The predicted octanol–water partition coefficient (Wildman–Crippen LogP) is 1.37. The first-order chi connectivity index (χ1) is 14.0. The number of piperazine rings is 1. The molecule has 2 aromatic carbocycles. The second-order valence-corrected chi connectivity index (χ2v) is 8.81. The number of aromatic nitrogens is 2. The first kappa shape index (κ1) is 19.6. The van der Waals surface area contributed by atoms with Crippen molar-refractivity contribution in [1.82, 2.24) is 19.0 Å². The number of sulfonamides is 1. The Bertz CT molecular complexity index is 1170. The predicted molar refractivity (Wildman–Crippen MR) is 109 cm³/mol. The van der Waals surface area contributed by atoms with Crippen molar-refractivity contribution < 1.29 is 13.2 Å². The van der Waals surface area contributed by atoms with Gasteiger partial charge in [0.15, 0.2) is 0 Å². The summed E-state index contributed by atoms with van der Waals surface area (Å²) in [7, 11) is -2.01. The molecule has 1 saturated heterocycles. The molecule has 0 radical (unpaired) electrons. The first-order valence-corrected chi connectivity index (χ1v) is 10.7. The summed E-state index contributed by atoms with van der Waals surface area (Å²) < 4.78 is 33.7. The average molecular weight is 414 g/mol. The normalized spacial score (nSPS) is 16.2. The van der Waals surface area contributed by atoms with Crippen LogP contribution in [0.15, 0.2) is 64.4 Å². The third kappa shape index (κ3) is 3.89. The molecular weight excluding hydrogens is 392 g/mol. The Morgan fingerprint density at radius 1 is 1.00 bits per heavy atom. The van der Waals surface area contributed by atoms with E-state index in [1.165, 1.54) is 8.99 Å². The van der Waals surface area contributed by atoms with Crippen LogP contribution in [0, 0.1) is 0 Å². The third-order valence-electron chi connectivity index (χ3n) is 5.12. The number of methoxy groups -OCH3 is 1. The average Bonchev–Trinajstić information content (AvgIpc) is 2.76. The number of hydrogen-bond acceptors (Lipinski definition) is 6. The zero-order valence-electron chi connectivity index (χ0n) is 16.1. The van der Waals surface area contributed by atoms with Crippen LogP contribution in [0.25, 0.3) is 10.8 Å². The first-order valence-electron chi connectivity index (χ1n) is 9.30. The second-order valence-electron chi connectivity index (χ2n) is 6.88. The van der Waals surface area contributed by atoms with Crippen LogP contribution in [0.4, 0.5) is 0 Å². The molecule has 1 fully saturated rings. The van der Waals surface area contributed by atoms with Crippen molar-refractivity contribution in [1.29, 1.82) is 0 Å². The minimum atomic E-state index is -3.55. The lowest BCUT2D eigenvalue weighted by Crippen LogP contribution is -2.49. The van der Waals surface area contributed by atoms with Crippen LogP contribution in [0.2, 0.25) is 0 Å². The summed E-state index contributed by atoms with van der Waals surface area (Å²) in [6, 6.07) is 13.7. The maximum absolute atomic E-state index is 12.9. The molecule has 4 rings (SSSR count). The summed E-state index contributed by atoms with van der Waals surface area (Å²) in [5.74, 6) is 0.613. The van der Waals surface area contributed by atoms with E-state index in [1.54, 1.807) is 43.6 Å². The van der Waals surface area contributed by atoms with Crippen molar-refractivity contribution in [3.05, 3.63) is 65.1 Å². The minimum absolute atomic E-state index is 0.142. The third-order valence-corrected chi connectivity index (χ3v) is 7.04. The van der Waals surface area contributed by atoms with E-state index >= 15 is 0 Å². The van der Waals surface area contributed by atoms with Crippen molar-refractivity contribution in [3.63, 3.8) is 0 Å². The molecule has 9 heteroatoms. The molecule has 29 heavy (non-hydrogen) atoms. The fourth-order valence-electron chi connectivity index (χ4n) is 3.43. The van der Waals surface area contributed by atoms with Gasteiger partial charge in [0, 0.05) is 31.6 Å². The number of ether oxygens (including phenoxy) is 1. The van der Waals surface area contributed by atoms with Gasteiger partial charge < -0.3 is 4.74 Å². The van der Waals surface area contributed by atoms with Gasteiger partial charge in [-0.25, -0.2) is 13.1 Å². The molecule has 152 valence electrons. The highest BCUT2D eigenvalue weighted by Crippen LogP contribution is 2.20. The van der Waals surface area contributed by atoms with Crippen molar-refractivity contribution in [2.24, 2.45) is 0 Å².